The van der Waals surface area contributed by atoms with Crippen LogP contribution in [0.3, 0.4) is 0 Å². The quantitative estimate of drug-likeness (QED) is 0.363. The Balaban J connectivity index is 2.37. The van der Waals surface area contributed by atoms with Gasteiger partial charge in [0.25, 0.3) is 5.69 Å². The summed E-state index contributed by atoms with van der Waals surface area (Å²) in [6.07, 6.45) is 1.54. The summed E-state index contributed by atoms with van der Waals surface area (Å²) in [5.74, 6) is 0. The van der Waals surface area contributed by atoms with Gasteiger partial charge in [-0.15, -0.1) is 0 Å². The van der Waals surface area contributed by atoms with Crippen molar-refractivity contribution in [2.45, 2.75) is 45.6 Å². The number of amides is 1. The van der Waals surface area contributed by atoms with Gasteiger partial charge < -0.3 is 15.8 Å². The third-order valence-electron chi connectivity index (χ3n) is 2.85. The van der Waals surface area contributed by atoms with E-state index < -0.39 is 16.6 Å². The van der Waals surface area contributed by atoms with Crippen LogP contribution in [-0.4, -0.2) is 23.2 Å². The number of hydrogen-bond donors (Lipinski definition) is 2. The Labute approximate surface area is 130 Å². The normalized spacial score (nSPS) is 11.0. The summed E-state index contributed by atoms with van der Waals surface area (Å²) in [7, 11) is 0. The number of nitro groups is 1. The number of rotatable bonds is 6. The van der Waals surface area contributed by atoms with Crippen LogP contribution in [0.25, 0.3) is 0 Å². The lowest BCUT2D eigenvalue weighted by atomic mass is 10.1. The van der Waals surface area contributed by atoms with E-state index in [4.69, 9.17) is 10.5 Å². The molecule has 122 valence electrons. The molecule has 7 heteroatoms. The number of anilines is 1. The van der Waals surface area contributed by atoms with Gasteiger partial charge in [-0.1, -0.05) is 6.07 Å². The number of hydrogen-bond acceptors (Lipinski definition) is 5. The summed E-state index contributed by atoms with van der Waals surface area (Å²) >= 11 is 0. The van der Waals surface area contributed by atoms with Crippen molar-refractivity contribution in [3.8, 4) is 0 Å². The summed E-state index contributed by atoms with van der Waals surface area (Å²) in [4.78, 5) is 22.0. The number of nitrogens with two attached hydrogens (primary N) is 1. The van der Waals surface area contributed by atoms with Crippen molar-refractivity contribution in [1.82, 2.24) is 5.32 Å². The highest BCUT2D eigenvalue weighted by Gasteiger charge is 2.16. The number of alkyl carbamates (subject to hydrolysis) is 1. The zero-order chi connectivity index (χ0) is 16.8. The van der Waals surface area contributed by atoms with Crippen molar-refractivity contribution in [2.75, 3.05) is 12.3 Å². The lowest BCUT2D eigenvalue weighted by Crippen LogP contribution is -2.33. The van der Waals surface area contributed by atoms with E-state index in [1.165, 1.54) is 6.07 Å². The molecule has 1 amide bonds. The van der Waals surface area contributed by atoms with Gasteiger partial charge in [0, 0.05) is 23.9 Å². The minimum Gasteiger partial charge on any atom is -0.444 e. The Bertz CT molecular complexity index is 538. The third kappa shape index (κ3) is 6.43. The van der Waals surface area contributed by atoms with Crippen molar-refractivity contribution < 1.29 is 14.5 Å². The highest BCUT2D eigenvalue weighted by molar-refractivity contribution is 5.67. The number of ether oxygens (including phenoxy) is 1. The highest BCUT2D eigenvalue weighted by atomic mass is 16.6. The Kier molecular flexibility index (Phi) is 6.15. The molecular formula is C15H23N3O4. The number of unbranched alkanes of at least 4 members (excludes halogenated alkanes) is 1. The van der Waals surface area contributed by atoms with E-state index in [2.05, 4.69) is 5.32 Å². The van der Waals surface area contributed by atoms with E-state index in [9.17, 15) is 14.9 Å². The van der Waals surface area contributed by atoms with Gasteiger partial charge in [0.15, 0.2) is 0 Å². The van der Waals surface area contributed by atoms with Crippen molar-refractivity contribution in [3.63, 3.8) is 0 Å². The molecule has 0 radical (unpaired) electrons. The second kappa shape index (κ2) is 7.63. The molecule has 0 aliphatic heterocycles. The number of nitrogens with zero attached hydrogens (tertiary/aromatic N) is 1. The Hall–Kier alpha value is -2.31. The van der Waals surface area contributed by atoms with Gasteiger partial charge in [0.05, 0.1) is 4.92 Å². The molecule has 1 aromatic rings. The van der Waals surface area contributed by atoms with Crippen LogP contribution in [-0.2, 0) is 11.2 Å². The fraction of sp³-hybridized carbons (Fsp3) is 0.533. The first-order valence-corrected chi connectivity index (χ1v) is 7.18. The van der Waals surface area contributed by atoms with Crippen LogP contribution in [0, 0.1) is 10.1 Å². The average molecular weight is 309 g/mol. The molecule has 0 heterocycles. The molecule has 22 heavy (non-hydrogen) atoms. The molecule has 0 saturated heterocycles. The molecule has 0 atom stereocenters. The number of aryl methyl sites for hydroxylation is 1. The summed E-state index contributed by atoms with van der Waals surface area (Å²) in [6.45, 7) is 5.87. The van der Waals surface area contributed by atoms with Gasteiger partial charge in [0.1, 0.15) is 5.60 Å². The fourth-order valence-electron chi connectivity index (χ4n) is 1.91. The van der Waals surface area contributed by atoms with Gasteiger partial charge in [0.2, 0.25) is 0 Å². The van der Waals surface area contributed by atoms with E-state index >= 15 is 0 Å². The third-order valence-corrected chi connectivity index (χ3v) is 2.85. The molecule has 0 aromatic heterocycles. The first-order chi connectivity index (χ1) is 10.2. The van der Waals surface area contributed by atoms with Crippen LogP contribution in [0.5, 0.6) is 0 Å². The zero-order valence-corrected chi connectivity index (χ0v) is 13.2. The molecule has 7 nitrogen and oxygen atoms in total. The Morgan fingerprint density at radius 2 is 2.05 bits per heavy atom. The molecule has 0 saturated carbocycles. The monoisotopic (exact) mass is 309 g/mol. The maximum Gasteiger partial charge on any atom is 0.407 e. The highest BCUT2D eigenvalue weighted by Crippen LogP contribution is 2.23. The average Bonchev–Trinajstić information content (AvgIpc) is 2.37. The second-order valence-corrected chi connectivity index (χ2v) is 6.03. The summed E-state index contributed by atoms with van der Waals surface area (Å²) in [6, 6.07) is 4.70. The lowest BCUT2D eigenvalue weighted by molar-refractivity contribution is -0.385. The molecule has 3 N–H and O–H groups in total. The lowest BCUT2D eigenvalue weighted by Gasteiger charge is -2.19. The van der Waals surface area contributed by atoms with E-state index in [0.29, 0.717) is 30.6 Å². The number of nitrogens with one attached hydrogen (secondary N) is 1. The summed E-state index contributed by atoms with van der Waals surface area (Å²) < 4.78 is 5.11. The van der Waals surface area contributed by atoms with Gasteiger partial charge in [-0.2, -0.15) is 0 Å². The Morgan fingerprint density at radius 3 is 2.64 bits per heavy atom. The van der Waals surface area contributed by atoms with Crippen LogP contribution in [0.1, 0.15) is 39.2 Å². The number of carbonyl (C=O) groups excluding carboxylic acids is 1. The topological polar surface area (TPSA) is 107 Å². The molecular weight excluding hydrogens is 286 g/mol. The van der Waals surface area contributed by atoms with Crippen LogP contribution < -0.4 is 11.1 Å². The van der Waals surface area contributed by atoms with E-state index in [1.807, 2.05) is 0 Å². The van der Waals surface area contributed by atoms with E-state index in [1.54, 1.807) is 32.9 Å². The SMILES string of the molecule is CC(C)(C)OC(=O)NCCCCc1ccc(N)cc1[N+](=O)[O-]. The minimum atomic E-state index is -0.519. The van der Waals surface area contributed by atoms with Gasteiger partial charge in [-0.05, 0) is 46.1 Å². The number of nitrogen functional groups attached to an aromatic ring is 1. The summed E-state index contributed by atoms with van der Waals surface area (Å²) in [5, 5.41) is 13.6. The maximum atomic E-state index is 11.4. The van der Waals surface area contributed by atoms with Crippen LogP contribution in [0.4, 0.5) is 16.2 Å². The number of benzene rings is 1. The van der Waals surface area contributed by atoms with E-state index in [-0.39, 0.29) is 5.69 Å². The smallest absolute Gasteiger partial charge is 0.407 e. The number of carbonyl (C=O) groups is 1. The first-order valence-electron chi connectivity index (χ1n) is 7.18. The molecule has 0 unspecified atom stereocenters. The van der Waals surface area contributed by atoms with Crippen LogP contribution in [0.2, 0.25) is 0 Å². The van der Waals surface area contributed by atoms with Crippen molar-refractivity contribution in [1.29, 1.82) is 0 Å². The predicted molar refractivity (Wildman–Crippen MR) is 84.7 cm³/mol. The van der Waals surface area contributed by atoms with E-state index in [0.717, 1.165) is 6.42 Å². The second-order valence-electron chi connectivity index (χ2n) is 6.03. The van der Waals surface area contributed by atoms with Gasteiger partial charge in [-0.25, -0.2) is 4.79 Å². The molecule has 0 aliphatic carbocycles. The minimum absolute atomic E-state index is 0.0418. The maximum absolute atomic E-state index is 11.4. The van der Waals surface area contributed by atoms with Crippen LogP contribution in [0.15, 0.2) is 18.2 Å². The fourth-order valence-corrected chi connectivity index (χ4v) is 1.91. The van der Waals surface area contributed by atoms with Crippen molar-refractivity contribution >= 4 is 17.5 Å². The molecule has 0 bridgehead atoms. The van der Waals surface area contributed by atoms with Crippen molar-refractivity contribution in [2.24, 2.45) is 0 Å². The van der Waals surface area contributed by atoms with Crippen molar-refractivity contribution in [3.05, 3.63) is 33.9 Å². The molecule has 0 aliphatic rings. The summed E-state index contributed by atoms with van der Waals surface area (Å²) in [5.41, 5.74) is 6.11. The molecule has 0 spiro atoms. The standard InChI is InChI=1S/C15H23N3O4/c1-15(2,3)22-14(19)17-9-5-4-6-11-7-8-12(16)10-13(11)18(20)21/h7-8,10H,4-6,9,16H2,1-3H3,(H,17,19). The van der Waals surface area contributed by atoms with Gasteiger partial charge >= 0.3 is 6.09 Å². The Morgan fingerprint density at radius 1 is 1.36 bits per heavy atom. The molecule has 1 rings (SSSR count). The number of nitro benzene ring substituents is 1. The predicted octanol–water partition coefficient (Wildman–Crippen LogP) is 3.02. The first kappa shape index (κ1) is 17.7. The zero-order valence-electron chi connectivity index (χ0n) is 13.2. The van der Waals surface area contributed by atoms with Gasteiger partial charge in [-0.3, -0.25) is 10.1 Å². The molecule has 0 fully saturated rings. The largest absolute Gasteiger partial charge is 0.444 e. The van der Waals surface area contributed by atoms with Crippen LogP contribution >= 0.6 is 0 Å². The molecule has 1 aromatic carbocycles.